The lowest BCUT2D eigenvalue weighted by atomic mass is 10.0. The molecule has 0 radical (unpaired) electrons. The van der Waals surface area contributed by atoms with Crippen LogP contribution in [0, 0.1) is 12.8 Å². The Morgan fingerprint density at radius 1 is 0.855 bits per heavy atom. The largest absolute Gasteiger partial charge is 0.491 e. The second-order valence-electron chi connectivity index (χ2n) is 18.6. The smallest absolute Gasteiger partial charge is 0.266 e. The van der Waals surface area contributed by atoms with Crippen molar-refractivity contribution in [3.8, 4) is 39.3 Å². The number of aliphatic hydroxyl groups excluding tert-OH is 1. The number of thiazole rings is 1. The second-order valence-corrected chi connectivity index (χ2v) is 19.5. The summed E-state index contributed by atoms with van der Waals surface area (Å²) in [5, 5.41) is 17.9. The number of rotatable bonds is 25. The maximum absolute atomic E-state index is 14.2. The molecule has 21 heteroatoms. The third kappa shape index (κ3) is 12.9. The van der Waals surface area contributed by atoms with Crippen LogP contribution in [0.2, 0.25) is 0 Å². The Balaban J connectivity index is 0.663. The summed E-state index contributed by atoms with van der Waals surface area (Å²) in [6, 6.07) is 23.3. The molecule has 2 aliphatic rings. The number of aromatic nitrogens is 5. The van der Waals surface area contributed by atoms with Crippen molar-refractivity contribution in [3.63, 3.8) is 0 Å². The maximum atomic E-state index is 14.2. The molecule has 0 aliphatic carbocycles. The van der Waals surface area contributed by atoms with E-state index in [1.807, 2.05) is 63.2 Å². The Hall–Kier alpha value is -7.56. The number of amides is 3. The molecule has 0 bridgehead atoms. The number of nitrogens with one attached hydrogen (secondary N) is 1. The zero-order valence-corrected chi connectivity index (χ0v) is 43.5. The minimum absolute atomic E-state index is 0.00743. The zero-order chi connectivity index (χ0) is 53.1. The van der Waals surface area contributed by atoms with E-state index in [4.69, 9.17) is 32.8 Å². The van der Waals surface area contributed by atoms with Gasteiger partial charge in [-0.15, -0.1) is 11.3 Å². The number of oxazole rings is 1. The highest BCUT2D eigenvalue weighted by Gasteiger charge is 2.46. The summed E-state index contributed by atoms with van der Waals surface area (Å²) >= 11 is 1.52. The molecule has 7 aromatic rings. The molecule has 1 fully saturated rings. The van der Waals surface area contributed by atoms with E-state index in [0.29, 0.717) is 97.4 Å². The molecule has 2 N–H and O–H groups in total. The van der Waals surface area contributed by atoms with E-state index >= 15 is 0 Å². The quantitative estimate of drug-likeness (QED) is 0.0648. The minimum atomic E-state index is -0.919. The molecule has 0 unspecified atom stereocenters. The van der Waals surface area contributed by atoms with Crippen molar-refractivity contribution < 1.29 is 52.3 Å². The molecule has 9 rings (SSSR count). The topological polar surface area (TPSA) is 232 Å². The molecular formula is C55H60N8O12S. The van der Waals surface area contributed by atoms with Crippen LogP contribution in [0.25, 0.3) is 33.1 Å². The first-order valence-corrected chi connectivity index (χ1v) is 26.0. The standard InChI is InChI=1S/C55H60N8O12S/c1-34(2)50(63-30-38-7-5-6-8-43(38)54(63)67)55(68)62-31-40(64)26-46(62)52(66)57-28-37-10-9-36(51-35(3)58-33-76-51)25-48(37)73-24-22-71-20-18-69-17-19-70-21-23-72-42-12-11-39(56-29-42)32-74-41-13-15-47-45(27-41)59-53(75-47)44-14-16-49(65)61(4)60-44/h5-16,25,27,29,33-34,40,46,50,64H,17-24,26,28,30-32H2,1-4H3,(H,57,66)/t40-,46+,50+/m1/s1. The summed E-state index contributed by atoms with van der Waals surface area (Å²) in [5.74, 6) is 0.837. The molecule has 2 aliphatic heterocycles. The van der Waals surface area contributed by atoms with Crippen molar-refractivity contribution >= 4 is 40.2 Å². The van der Waals surface area contributed by atoms with Gasteiger partial charge in [-0.05, 0) is 66.4 Å². The number of benzene rings is 3. The van der Waals surface area contributed by atoms with Crippen LogP contribution in [0.4, 0.5) is 0 Å². The summed E-state index contributed by atoms with van der Waals surface area (Å²) in [6.07, 6.45) is 0.825. The number of carbonyl (C=O) groups is 3. The van der Waals surface area contributed by atoms with Gasteiger partial charge in [0.1, 0.15) is 60.4 Å². The van der Waals surface area contributed by atoms with E-state index in [2.05, 4.69) is 25.4 Å². The third-order valence-electron chi connectivity index (χ3n) is 12.9. The van der Waals surface area contributed by atoms with Gasteiger partial charge in [-0.3, -0.25) is 24.2 Å². The number of aliphatic hydroxyl groups is 1. The summed E-state index contributed by atoms with van der Waals surface area (Å²) in [6.45, 7) is 9.02. The molecule has 0 spiro atoms. The first-order chi connectivity index (χ1) is 36.9. The van der Waals surface area contributed by atoms with Crippen LogP contribution in [-0.2, 0) is 50.5 Å². The average molecular weight is 1060 g/mol. The van der Waals surface area contributed by atoms with Crippen LogP contribution in [0.1, 0.15) is 53.1 Å². The normalized spacial score (nSPS) is 15.6. The molecular weight excluding hydrogens is 997 g/mol. The van der Waals surface area contributed by atoms with Gasteiger partial charge in [-0.1, -0.05) is 44.2 Å². The molecule has 3 atom stereocenters. The summed E-state index contributed by atoms with van der Waals surface area (Å²) < 4.78 is 42.2. The van der Waals surface area contributed by atoms with Crippen molar-refractivity contribution in [3.05, 3.63) is 135 Å². The molecule has 3 aromatic carbocycles. The van der Waals surface area contributed by atoms with Crippen LogP contribution >= 0.6 is 11.3 Å². The van der Waals surface area contributed by atoms with Gasteiger partial charge in [-0.2, -0.15) is 5.10 Å². The Morgan fingerprint density at radius 2 is 1.61 bits per heavy atom. The Labute approximate surface area is 442 Å². The maximum Gasteiger partial charge on any atom is 0.266 e. The highest BCUT2D eigenvalue weighted by Crippen LogP contribution is 2.34. The van der Waals surface area contributed by atoms with Crippen molar-refractivity contribution in [1.29, 1.82) is 0 Å². The number of fused-ring (bicyclic) bond motifs is 2. The van der Waals surface area contributed by atoms with Crippen molar-refractivity contribution in [2.24, 2.45) is 13.0 Å². The first kappa shape index (κ1) is 53.3. The fourth-order valence-electron chi connectivity index (χ4n) is 9.04. The highest BCUT2D eigenvalue weighted by molar-refractivity contribution is 7.13. The van der Waals surface area contributed by atoms with Gasteiger partial charge >= 0.3 is 0 Å². The predicted octanol–water partition coefficient (Wildman–Crippen LogP) is 5.76. The average Bonchev–Trinajstić information content (AvgIpc) is 4.23. The molecule has 0 saturated carbocycles. The lowest BCUT2D eigenvalue weighted by Crippen LogP contribution is -2.55. The van der Waals surface area contributed by atoms with Gasteiger partial charge in [0.25, 0.3) is 11.5 Å². The van der Waals surface area contributed by atoms with Gasteiger partial charge in [0.15, 0.2) is 5.58 Å². The monoisotopic (exact) mass is 1060 g/mol. The van der Waals surface area contributed by atoms with Gasteiger partial charge in [0, 0.05) is 56.4 Å². The molecule has 4 aromatic heterocycles. The number of pyridine rings is 1. The van der Waals surface area contributed by atoms with Gasteiger partial charge in [-0.25, -0.2) is 14.6 Å². The van der Waals surface area contributed by atoms with Crippen LogP contribution < -0.4 is 25.1 Å². The van der Waals surface area contributed by atoms with E-state index in [0.717, 1.165) is 27.3 Å². The number of aryl methyl sites for hydroxylation is 2. The molecule has 1 saturated heterocycles. The number of likely N-dealkylation sites (tertiary alicyclic amines) is 1. The lowest BCUT2D eigenvalue weighted by molar-refractivity contribution is -0.143. The molecule has 398 valence electrons. The highest BCUT2D eigenvalue weighted by atomic mass is 32.1. The number of carbonyl (C=O) groups excluding carboxylic acids is 3. The van der Waals surface area contributed by atoms with Crippen LogP contribution in [-0.4, -0.2) is 135 Å². The van der Waals surface area contributed by atoms with Crippen molar-refractivity contribution in [2.45, 2.75) is 65.1 Å². The summed E-state index contributed by atoms with van der Waals surface area (Å²) in [5.41, 5.74) is 7.84. The number of hydrogen-bond acceptors (Lipinski definition) is 17. The summed E-state index contributed by atoms with van der Waals surface area (Å²) in [4.78, 5) is 70.6. The van der Waals surface area contributed by atoms with Crippen molar-refractivity contribution in [2.75, 3.05) is 59.4 Å². The Kier molecular flexibility index (Phi) is 17.4. The number of nitrogens with zero attached hydrogens (tertiary/aromatic N) is 7. The Morgan fingerprint density at radius 3 is 2.32 bits per heavy atom. The van der Waals surface area contributed by atoms with Crippen LogP contribution in [0.3, 0.4) is 0 Å². The Bertz CT molecular complexity index is 3200. The van der Waals surface area contributed by atoms with Crippen LogP contribution in [0.15, 0.2) is 106 Å². The first-order valence-electron chi connectivity index (χ1n) is 25.1. The van der Waals surface area contributed by atoms with Gasteiger partial charge < -0.3 is 53.1 Å². The van der Waals surface area contributed by atoms with Gasteiger partial charge in [0.2, 0.25) is 17.7 Å². The fraction of sp³-hybridized carbons (Fsp3) is 0.382. The zero-order valence-electron chi connectivity index (χ0n) is 42.7. The van der Waals surface area contributed by atoms with E-state index in [1.165, 1.54) is 27.0 Å². The van der Waals surface area contributed by atoms with E-state index in [9.17, 15) is 24.3 Å². The molecule has 20 nitrogen and oxygen atoms in total. The fourth-order valence-corrected chi connectivity index (χ4v) is 9.85. The SMILES string of the molecule is Cc1ncsc1-c1ccc(CNC(=O)[C@@H]2C[C@@H](O)CN2C(=O)[C@H](C(C)C)N2Cc3ccccc3C2=O)c(OCCOCCOCCOCCOc2ccc(COc3ccc4oc(-c5ccc(=O)n(C)n5)nc4c3)nc2)c1. The molecule has 3 amide bonds. The van der Waals surface area contributed by atoms with E-state index < -0.39 is 24.1 Å². The molecule has 76 heavy (non-hydrogen) atoms. The van der Waals surface area contributed by atoms with E-state index in [1.54, 1.807) is 60.1 Å². The second kappa shape index (κ2) is 24.9. The number of hydrogen-bond donors (Lipinski definition) is 2. The third-order valence-corrected chi connectivity index (χ3v) is 13.9. The van der Waals surface area contributed by atoms with E-state index in [-0.39, 0.29) is 62.6 Å². The van der Waals surface area contributed by atoms with Gasteiger partial charge in [0.05, 0.1) is 73.7 Å². The molecule has 6 heterocycles. The number of ether oxygens (including phenoxy) is 6. The van der Waals surface area contributed by atoms with Crippen molar-refractivity contribution in [1.82, 2.24) is 39.8 Å². The summed E-state index contributed by atoms with van der Waals surface area (Å²) in [7, 11) is 1.57. The minimum Gasteiger partial charge on any atom is -0.491 e. The number of β-amino-alcohol motifs (C(OH)–C–C–N with tert-alkyl or cyclic N) is 1. The lowest BCUT2D eigenvalue weighted by Gasteiger charge is -2.35. The predicted molar refractivity (Wildman–Crippen MR) is 280 cm³/mol. The van der Waals surface area contributed by atoms with Crippen LogP contribution in [0.5, 0.6) is 17.2 Å².